The Morgan fingerprint density at radius 2 is 1.83 bits per heavy atom. The number of amides is 1. The third kappa shape index (κ3) is 5.08. The van der Waals surface area contributed by atoms with Gasteiger partial charge < -0.3 is 19.3 Å². The fraction of sp³-hybridized carbons (Fsp3) is 0.310. The van der Waals surface area contributed by atoms with Crippen molar-refractivity contribution in [2.75, 3.05) is 13.2 Å². The van der Waals surface area contributed by atoms with Crippen molar-refractivity contribution in [3.8, 4) is 5.75 Å². The monoisotopic (exact) mass is 469 g/mol. The van der Waals surface area contributed by atoms with Gasteiger partial charge in [0.15, 0.2) is 0 Å². The van der Waals surface area contributed by atoms with Crippen molar-refractivity contribution in [2.45, 2.75) is 45.4 Å². The second-order valence-electron chi connectivity index (χ2n) is 9.46. The van der Waals surface area contributed by atoms with Crippen LogP contribution in [-0.4, -0.2) is 44.7 Å². The van der Waals surface area contributed by atoms with E-state index in [4.69, 9.17) is 9.72 Å². The number of aryl methyl sites for hydroxylation is 2. The van der Waals surface area contributed by atoms with Gasteiger partial charge in [-0.15, -0.1) is 0 Å². The number of aliphatic hydroxyl groups excluding tert-OH is 1. The van der Waals surface area contributed by atoms with E-state index in [2.05, 4.69) is 4.57 Å². The Morgan fingerprint density at radius 3 is 2.66 bits per heavy atom. The topological polar surface area (TPSA) is 67.6 Å². The molecule has 180 valence electrons. The van der Waals surface area contributed by atoms with E-state index in [-0.39, 0.29) is 18.4 Å². The molecule has 1 aromatic heterocycles. The van der Waals surface area contributed by atoms with Crippen LogP contribution in [0.25, 0.3) is 11.0 Å². The van der Waals surface area contributed by atoms with Crippen LogP contribution in [0.3, 0.4) is 0 Å². The van der Waals surface area contributed by atoms with Gasteiger partial charge in [-0.1, -0.05) is 54.6 Å². The summed E-state index contributed by atoms with van der Waals surface area (Å²) >= 11 is 0. The molecular weight excluding hydrogens is 438 g/mol. The molecule has 5 rings (SSSR count). The summed E-state index contributed by atoms with van der Waals surface area (Å²) in [6.45, 7) is 5.77. The van der Waals surface area contributed by atoms with Crippen LogP contribution in [-0.2, 0) is 17.9 Å². The molecule has 0 spiro atoms. The van der Waals surface area contributed by atoms with Gasteiger partial charge in [-0.2, -0.15) is 0 Å². The van der Waals surface area contributed by atoms with Gasteiger partial charge in [0.2, 0.25) is 5.91 Å². The second kappa shape index (κ2) is 9.92. The summed E-state index contributed by atoms with van der Waals surface area (Å²) in [5.41, 5.74) is 5.11. The Bertz CT molecular complexity index is 1330. The van der Waals surface area contributed by atoms with Crippen molar-refractivity contribution < 1.29 is 14.6 Å². The minimum atomic E-state index is -0.719. The molecule has 1 aliphatic heterocycles. The van der Waals surface area contributed by atoms with E-state index in [0.29, 0.717) is 26.1 Å². The van der Waals surface area contributed by atoms with Crippen LogP contribution in [0.5, 0.6) is 5.75 Å². The van der Waals surface area contributed by atoms with Gasteiger partial charge in [0.25, 0.3) is 0 Å². The number of aliphatic hydroxyl groups is 1. The van der Waals surface area contributed by atoms with E-state index in [9.17, 15) is 9.90 Å². The van der Waals surface area contributed by atoms with Gasteiger partial charge >= 0.3 is 0 Å². The molecule has 2 heterocycles. The molecule has 2 atom stereocenters. The molecule has 6 nitrogen and oxygen atoms in total. The third-order valence-corrected chi connectivity index (χ3v) is 6.65. The molecule has 1 fully saturated rings. The van der Waals surface area contributed by atoms with Crippen molar-refractivity contribution in [1.82, 2.24) is 14.5 Å². The number of hydrogen-bond donors (Lipinski definition) is 1. The zero-order chi connectivity index (χ0) is 24.4. The Kier molecular flexibility index (Phi) is 6.55. The molecule has 0 radical (unpaired) electrons. The molecule has 35 heavy (non-hydrogen) atoms. The SMILES string of the molecule is Cc1ccc(C)c(OC[C@@H](O)Cn2c([C@@H]3CC(=O)N(Cc4ccccc4)C3)nc3ccccc32)c1. The summed E-state index contributed by atoms with van der Waals surface area (Å²) in [7, 11) is 0. The smallest absolute Gasteiger partial charge is 0.223 e. The van der Waals surface area contributed by atoms with Gasteiger partial charge in [0.1, 0.15) is 24.3 Å². The maximum atomic E-state index is 12.8. The molecule has 3 aromatic carbocycles. The van der Waals surface area contributed by atoms with Crippen LogP contribution in [0, 0.1) is 13.8 Å². The molecule has 1 N–H and O–H groups in total. The van der Waals surface area contributed by atoms with Gasteiger partial charge in [0.05, 0.1) is 17.6 Å². The number of para-hydroxylation sites is 2. The van der Waals surface area contributed by atoms with Gasteiger partial charge in [0, 0.05) is 25.4 Å². The Morgan fingerprint density at radius 1 is 1.06 bits per heavy atom. The van der Waals surface area contributed by atoms with Crippen molar-refractivity contribution >= 4 is 16.9 Å². The molecule has 1 aliphatic rings. The first kappa shape index (κ1) is 23.1. The fourth-order valence-electron chi connectivity index (χ4n) is 4.81. The number of ether oxygens (including phenoxy) is 1. The number of likely N-dealkylation sites (tertiary alicyclic amines) is 1. The summed E-state index contributed by atoms with van der Waals surface area (Å²) in [5, 5.41) is 10.9. The molecular formula is C29H31N3O3. The van der Waals surface area contributed by atoms with Crippen molar-refractivity contribution in [2.24, 2.45) is 0 Å². The van der Waals surface area contributed by atoms with E-state index in [1.165, 1.54) is 0 Å². The van der Waals surface area contributed by atoms with E-state index >= 15 is 0 Å². The lowest BCUT2D eigenvalue weighted by Gasteiger charge is -2.19. The molecule has 0 unspecified atom stereocenters. The van der Waals surface area contributed by atoms with Crippen LogP contribution in [0.15, 0.2) is 72.8 Å². The molecule has 0 bridgehead atoms. The number of carbonyl (C=O) groups excluding carboxylic acids is 1. The quantitative estimate of drug-likeness (QED) is 0.409. The van der Waals surface area contributed by atoms with Crippen LogP contribution in [0.2, 0.25) is 0 Å². The summed E-state index contributed by atoms with van der Waals surface area (Å²) < 4.78 is 8.03. The molecule has 1 saturated heterocycles. The van der Waals surface area contributed by atoms with E-state index in [0.717, 1.165) is 39.3 Å². The fourth-order valence-corrected chi connectivity index (χ4v) is 4.81. The van der Waals surface area contributed by atoms with Crippen molar-refractivity contribution in [1.29, 1.82) is 0 Å². The largest absolute Gasteiger partial charge is 0.491 e. The van der Waals surface area contributed by atoms with E-state index < -0.39 is 6.10 Å². The highest BCUT2D eigenvalue weighted by Crippen LogP contribution is 2.31. The van der Waals surface area contributed by atoms with Crippen LogP contribution in [0.4, 0.5) is 0 Å². The maximum Gasteiger partial charge on any atom is 0.223 e. The molecule has 4 aromatic rings. The Hall–Kier alpha value is -3.64. The lowest BCUT2D eigenvalue weighted by molar-refractivity contribution is -0.128. The number of rotatable bonds is 8. The Labute approximate surface area is 205 Å². The predicted molar refractivity (Wildman–Crippen MR) is 136 cm³/mol. The van der Waals surface area contributed by atoms with Gasteiger partial charge in [-0.05, 0) is 48.7 Å². The highest BCUT2D eigenvalue weighted by molar-refractivity contribution is 5.81. The first-order chi connectivity index (χ1) is 17.0. The summed E-state index contributed by atoms with van der Waals surface area (Å²) in [6.07, 6.45) is -0.297. The van der Waals surface area contributed by atoms with Crippen LogP contribution in [0.1, 0.15) is 34.9 Å². The first-order valence-corrected chi connectivity index (χ1v) is 12.1. The summed E-state index contributed by atoms with van der Waals surface area (Å²) in [4.78, 5) is 19.7. The molecule has 0 saturated carbocycles. The average molecular weight is 470 g/mol. The number of carbonyl (C=O) groups is 1. The highest BCUT2D eigenvalue weighted by atomic mass is 16.5. The minimum Gasteiger partial charge on any atom is -0.491 e. The number of benzene rings is 3. The Balaban J connectivity index is 1.34. The third-order valence-electron chi connectivity index (χ3n) is 6.65. The number of nitrogens with zero attached hydrogens (tertiary/aromatic N) is 3. The molecule has 6 heteroatoms. The lowest BCUT2D eigenvalue weighted by atomic mass is 10.1. The van der Waals surface area contributed by atoms with Crippen LogP contribution < -0.4 is 4.74 Å². The number of fused-ring (bicyclic) bond motifs is 1. The van der Waals surface area contributed by atoms with Crippen molar-refractivity contribution in [3.63, 3.8) is 0 Å². The average Bonchev–Trinajstić information content (AvgIpc) is 3.40. The summed E-state index contributed by atoms with van der Waals surface area (Å²) in [5.74, 6) is 1.75. The number of imidazole rings is 1. The van der Waals surface area contributed by atoms with E-state index in [1.807, 2.05) is 91.5 Å². The predicted octanol–water partition coefficient (Wildman–Crippen LogP) is 4.61. The second-order valence-corrected chi connectivity index (χ2v) is 9.46. The minimum absolute atomic E-state index is 0.0225. The van der Waals surface area contributed by atoms with Crippen molar-refractivity contribution in [3.05, 3.63) is 95.3 Å². The summed E-state index contributed by atoms with van der Waals surface area (Å²) in [6, 6.07) is 24.1. The zero-order valence-electron chi connectivity index (χ0n) is 20.2. The normalized spacial score (nSPS) is 16.7. The molecule has 1 amide bonds. The van der Waals surface area contributed by atoms with Gasteiger partial charge in [-0.25, -0.2) is 4.98 Å². The number of hydrogen-bond acceptors (Lipinski definition) is 4. The van der Waals surface area contributed by atoms with E-state index in [1.54, 1.807) is 0 Å². The van der Waals surface area contributed by atoms with Crippen LogP contribution >= 0.6 is 0 Å². The van der Waals surface area contributed by atoms with Gasteiger partial charge in [-0.3, -0.25) is 4.79 Å². The lowest BCUT2D eigenvalue weighted by Crippen LogP contribution is -2.26. The number of aromatic nitrogens is 2. The zero-order valence-corrected chi connectivity index (χ0v) is 20.2. The highest BCUT2D eigenvalue weighted by Gasteiger charge is 2.34. The molecule has 0 aliphatic carbocycles. The standard InChI is InChI=1S/C29H31N3O3/c1-20-12-13-21(2)27(14-20)35-19-24(33)18-32-26-11-7-6-10-25(26)30-29(32)23-15-28(34)31(17-23)16-22-8-4-3-5-9-22/h3-14,23-24,33H,15-19H2,1-2H3/t23-,24+/m1/s1. The first-order valence-electron chi connectivity index (χ1n) is 12.1. The maximum absolute atomic E-state index is 12.8.